The van der Waals surface area contributed by atoms with E-state index in [0.717, 1.165) is 44.2 Å². The molecule has 0 amide bonds. The molecular formula is C49H32N4. The first kappa shape index (κ1) is 30.6. The van der Waals surface area contributed by atoms with Gasteiger partial charge in [0, 0.05) is 32.8 Å². The van der Waals surface area contributed by atoms with Crippen LogP contribution in [0.25, 0.3) is 94.7 Å². The van der Waals surface area contributed by atoms with Crippen molar-refractivity contribution >= 4 is 32.6 Å². The molecule has 0 aliphatic rings. The molecule has 0 N–H and O–H groups in total. The van der Waals surface area contributed by atoms with Crippen molar-refractivity contribution in [1.82, 2.24) is 19.5 Å². The molecule has 0 fully saturated rings. The Morgan fingerprint density at radius 1 is 0.283 bits per heavy atom. The zero-order valence-corrected chi connectivity index (χ0v) is 28.8. The molecule has 8 aromatic carbocycles. The first-order valence-corrected chi connectivity index (χ1v) is 17.9. The van der Waals surface area contributed by atoms with E-state index < -0.39 is 0 Å². The molecule has 0 aliphatic heterocycles. The van der Waals surface area contributed by atoms with Crippen LogP contribution in [0.15, 0.2) is 194 Å². The summed E-state index contributed by atoms with van der Waals surface area (Å²) in [7, 11) is 0. The summed E-state index contributed by atoms with van der Waals surface area (Å²) in [5.41, 5.74) is 11.1. The van der Waals surface area contributed by atoms with Gasteiger partial charge in [0.15, 0.2) is 17.5 Å². The van der Waals surface area contributed by atoms with Gasteiger partial charge in [-0.25, -0.2) is 15.0 Å². The summed E-state index contributed by atoms with van der Waals surface area (Å²) < 4.78 is 2.41. The van der Waals surface area contributed by atoms with Gasteiger partial charge in [0.25, 0.3) is 0 Å². The van der Waals surface area contributed by atoms with Crippen LogP contribution in [0.5, 0.6) is 0 Å². The highest BCUT2D eigenvalue weighted by Crippen LogP contribution is 2.39. The van der Waals surface area contributed by atoms with E-state index in [1.807, 2.05) is 60.7 Å². The van der Waals surface area contributed by atoms with Crippen molar-refractivity contribution in [1.29, 1.82) is 0 Å². The summed E-state index contributed by atoms with van der Waals surface area (Å²) in [5, 5.41) is 4.64. The Kier molecular flexibility index (Phi) is 7.43. The maximum absolute atomic E-state index is 5.08. The molecule has 0 atom stereocenters. The van der Waals surface area contributed by atoms with E-state index in [0.29, 0.717) is 17.5 Å². The van der Waals surface area contributed by atoms with Crippen molar-refractivity contribution < 1.29 is 0 Å². The zero-order valence-electron chi connectivity index (χ0n) is 28.8. The van der Waals surface area contributed by atoms with Crippen LogP contribution in [0.4, 0.5) is 0 Å². The summed E-state index contributed by atoms with van der Waals surface area (Å²) in [6, 6.07) is 68.2. The first-order valence-electron chi connectivity index (χ1n) is 17.9. The maximum atomic E-state index is 5.08. The van der Waals surface area contributed by atoms with Crippen LogP contribution in [-0.4, -0.2) is 19.5 Å². The average molecular weight is 677 g/mol. The number of fused-ring (bicyclic) bond motifs is 4. The Bertz CT molecular complexity index is 2860. The third-order valence-electron chi connectivity index (χ3n) is 10.1. The Labute approximate surface area is 307 Å². The van der Waals surface area contributed by atoms with E-state index in [-0.39, 0.29) is 0 Å². The molecule has 0 saturated heterocycles. The van der Waals surface area contributed by atoms with Gasteiger partial charge in [0.1, 0.15) is 0 Å². The van der Waals surface area contributed by atoms with E-state index in [2.05, 4.69) is 138 Å². The molecule has 10 rings (SSSR count). The van der Waals surface area contributed by atoms with Crippen molar-refractivity contribution in [2.45, 2.75) is 0 Å². The predicted molar refractivity (Wildman–Crippen MR) is 219 cm³/mol. The molecule has 4 heteroatoms. The SMILES string of the molecule is c1ccc(-c2ccc(-c3ccc4c5ccccc5n(-c5ccc(-c6nc(-c7ccccc7)nc(-c7ccccc7)n6)c6ccccc56)c4c3)cc2)cc1. The molecule has 53 heavy (non-hydrogen) atoms. The Morgan fingerprint density at radius 2 is 0.736 bits per heavy atom. The van der Waals surface area contributed by atoms with E-state index in [1.54, 1.807) is 0 Å². The Hall–Kier alpha value is -7.17. The largest absolute Gasteiger partial charge is 0.309 e. The Balaban J connectivity index is 1.16. The average Bonchev–Trinajstić information content (AvgIpc) is 3.57. The van der Waals surface area contributed by atoms with Crippen molar-refractivity contribution in [3.63, 3.8) is 0 Å². The number of rotatable bonds is 6. The van der Waals surface area contributed by atoms with Gasteiger partial charge in [-0.05, 0) is 51.9 Å². The smallest absolute Gasteiger partial charge is 0.164 e. The molecule has 0 unspecified atom stereocenters. The van der Waals surface area contributed by atoms with Crippen molar-refractivity contribution in [2.75, 3.05) is 0 Å². The van der Waals surface area contributed by atoms with Crippen molar-refractivity contribution in [3.8, 4) is 62.1 Å². The molecule has 2 aromatic heterocycles. The molecule has 0 aliphatic carbocycles. The number of para-hydroxylation sites is 1. The van der Waals surface area contributed by atoms with E-state index in [1.165, 1.54) is 33.0 Å². The van der Waals surface area contributed by atoms with Gasteiger partial charge in [-0.1, -0.05) is 170 Å². The molecule has 0 radical (unpaired) electrons. The Morgan fingerprint density at radius 3 is 1.38 bits per heavy atom. The molecule has 10 aromatic rings. The molecule has 0 saturated carbocycles. The standard InChI is InChI=1S/C49H32N4/c1-4-14-33(15-5-1)34-24-26-35(27-25-34)38-28-29-42-41-22-12-13-23-44(41)53(46(42)32-38)45-31-30-43(39-20-10-11-21-40(39)45)49-51-47(36-16-6-2-7-17-36)50-48(52-49)37-18-8-3-9-19-37/h1-32H. The highest BCUT2D eigenvalue weighted by Gasteiger charge is 2.19. The topological polar surface area (TPSA) is 43.6 Å². The van der Waals surface area contributed by atoms with Crippen LogP contribution in [0.2, 0.25) is 0 Å². The fourth-order valence-corrected chi connectivity index (χ4v) is 7.50. The van der Waals surface area contributed by atoms with Gasteiger partial charge in [-0.3, -0.25) is 0 Å². The maximum Gasteiger partial charge on any atom is 0.164 e. The number of nitrogens with zero attached hydrogens (tertiary/aromatic N) is 4. The van der Waals surface area contributed by atoms with Gasteiger partial charge in [-0.15, -0.1) is 0 Å². The molecule has 248 valence electrons. The van der Waals surface area contributed by atoms with E-state index >= 15 is 0 Å². The summed E-state index contributed by atoms with van der Waals surface area (Å²) in [4.78, 5) is 15.1. The van der Waals surface area contributed by atoms with Gasteiger partial charge in [0.05, 0.1) is 16.7 Å². The van der Waals surface area contributed by atoms with Crippen LogP contribution >= 0.6 is 0 Å². The minimum atomic E-state index is 0.643. The summed E-state index contributed by atoms with van der Waals surface area (Å²) in [6.45, 7) is 0. The minimum Gasteiger partial charge on any atom is -0.309 e. The van der Waals surface area contributed by atoms with Crippen LogP contribution in [0, 0.1) is 0 Å². The van der Waals surface area contributed by atoms with Crippen LogP contribution in [0.3, 0.4) is 0 Å². The van der Waals surface area contributed by atoms with Crippen molar-refractivity contribution in [2.24, 2.45) is 0 Å². The fraction of sp³-hybridized carbons (Fsp3) is 0. The summed E-state index contributed by atoms with van der Waals surface area (Å²) in [5.74, 6) is 1.94. The minimum absolute atomic E-state index is 0.643. The van der Waals surface area contributed by atoms with Crippen LogP contribution in [0.1, 0.15) is 0 Å². The fourth-order valence-electron chi connectivity index (χ4n) is 7.50. The lowest BCUT2D eigenvalue weighted by Crippen LogP contribution is -2.01. The third-order valence-corrected chi connectivity index (χ3v) is 10.1. The van der Waals surface area contributed by atoms with Crippen molar-refractivity contribution in [3.05, 3.63) is 194 Å². The number of hydrogen-bond donors (Lipinski definition) is 0. The molecule has 0 spiro atoms. The quantitative estimate of drug-likeness (QED) is 0.176. The summed E-state index contributed by atoms with van der Waals surface area (Å²) >= 11 is 0. The van der Waals surface area contributed by atoms with Gasteiger partial charge in [0.2, 0.25) is 0 Å². The first-order chi connectivity index (χ1) is 26.3. The highest BCUT2D eigenvalue weighted by molar-refractivity contribution is 6.12. The number of aromatic nitrogens is 4. The van der Waals surface area contributed by atoms with Crippen LogP contribution in [-0.2, 0) is 0 Å². The second-order valence-electron chi connectivity index (χ2n) is 13.2. The molecule has 0 bridgehead atoms. The predicted octanol–water partition coefficient (Wildman–Crippen LogP) is 12.5. The molecule has 2 heterocycles. The number of hydrogen-bond acceptors (Lipinski definition) is 3. The lowest BCUT2D eigenvalue weighted by atomic mass is 9.99. The zero-order chi connectivity index (χ0) is 35.1. The van der Waals surface area contributed by atoms with E-state index in [4.69, 9.17) is 15.0 Å². The van der Waals surface area contributed by atoms with E-state index in [9.17, 15) is 0 Å². The third kappa shape index (κ3) is 5.45. The normalized spacial score (nSPS) is 11.4. The van der Waals surface area contributed by atoms with Crippen LogP contribution < -0.4 is 0 Å². The van der Waals surface area contributed by atoms with Gasteiger partial charge >= 0.3 is 0 Å². The summed E-state index contributed by atoms with van der Waals surface area (Å²) in [6.07, 6.45) is 0. The van der Waals surface area contributed by atoms with Gasteiger partial charge in [-0.2, -0.15) is 0 Å². The lowest BCUT2D eigenvalue weighted by Gasteiger charge is -2.15. The molecule has 4 nitrogen and oxygen atoms in total. The molecular weight excluding hydrogens is 645 g/mol. The highest BCUT2D eigenvalue weighted by atomic mass is 15.0. The second-order valence-corrected chi connectivity index (χ2v) is 13.2. The lowest BCUT2D eigenvalue weighted by molar-refractivity contribution is 1.08. The van der Waals surface area contributed by atoms with Gasteiger partial charge < -0.3 is 4.57 Å². The second kappa shape index (κ2) is 12.9. The monoisotopic (exact) mass is 676 g/mol. The number of benzene rings is 8.